The van der Waals surface area contributed by atoms with Gasteiger partial charge in [-0.3, -0.25) is 0 Å². The number of carbonyl (C=O) groups is 1. The van der Waals surface area contributed by atoms with Crippen LogP contribution in [0.5, 0.6) is 0 Å². The minimum absolute atomic E-state index is 0.170. The summed E-state index contributed by atoms with van der Waals surface area (Å²) in [5, 5.41) is 0. The monoisotopic (exact) mass is 132 g/mol. The minimum atomic E-state index is -0.338. The number of ether oxygens (including phenoxy) is 1. The summed E-state index contributed by atoms with van der Waals surface area (Å²) in [5.41, 5.74) is 0. The van der Waals surface area contributed by atoms with Gasteiger partial charge in [-0.05, 0) is 0 Å². The molecule has 1 unspecified atom stereocenters. The summed E-state index contributed by atoms with van der Waals surface area (Å²) >= 11 is 0. The fourth-order valence-electron chi connectivity index (χ4n) is 0.571. The summed E-state index contributed by atoms with van der Waals surface area (Å²) in [6.45, 7) is 0.170. The smallest absolute Gasteiger partial charge is 0.194 e. The molecule has 9 heavy (non-hydrogen) atoms. The molecule has 0 saturated carbocycles. The van der Waals surface area contributed by atoms with E-state index in [0.29, 0.717) is 12.8 Å². The second-order valence-electron chi connectivity index (χ2n) is 1.67. The Bertz CT molecular complexity index is 87.0. The van der Waals surface area contributed by atoms with E-state index in [-0.39, 0.29) is 13.1 Å². The van der Waals surface area contributed by atoms with Crippen molar-refractivity contribution in [3.63, 3.8) is 0 Å². The van der Waals surface area contributed by atoms with Crippen molar-refractivity contribution in [2.24, 2.45) is 0 Å². The zero-order valence-electron chi connectivity index (χ0n) is 4.91. The van der Waals surface area contributed by atoms with Gasteiger partial charge in [-0.1, -0.05) is 0 Å². The fraction of sp³-hybridized carbons (Fsp3) is 0.800. The van der Waals surface area contributed by atoms with Crippen LogP contribution < -0.4 is 0 Å². The molecule has 1 atom stereocenters. The van der Waals surface area contributed by atoms with Crippen molar-refractivity contribution in [2.45, 2.75) is 19.1 Å². The molecule has 0 bridgehead atoms. The Morgan fingerprint density at radius 1 is 1.67 bits per heavy atom. The van der Waals surface area contributed by atoms with Crippen molar-refractivity contribution in [3.8, 4) is 0 Å². The van der Waals surface area contributed by atoms with Gasteiger partial charge in [0.15, 0.2) is 13.1 Å². The molecule has 4 nitrogen and oxygen atoms in total. The second kappa shape index (κ2) is 3.55. The van der Waals surface area contributed by atoms with Crippen LogP contribution in [0.25, 0.3) is 0 Å². The van der Waals surface area contributed by atoms with Crippen LogP contribution in [0.2, 0.25) is 0 Å². The van der Waals surface area contributed by atoms with Crippen LogP contribution in [0.4, 0.5) is 0 Å². The first-order valence-electron chi connectivity index (χ1n) is 2.77. The Balaban J connectivity index is 2.04. The molecule has 0 N–H and O–H groups in total. The van der Waals surface area contributed by atoms with Crippen LogP contribution in [0.1, 0.15) is 12.8 Å². The maximum Gasteiger partial charge on any atom is 0.194 e. The average Bonchev–Trinajstić information content (AvgIpc) is 2.34. The van der Waals surface area contributed by atoms with Gasteiger partial charge in [-0.2, -0.15) is 0 Å². The third-order valence-electron chi connectivity index (χ3n) is 0.998. The van der Waals surface area contributed by atoms with Gasteiger partial charge in [0.05, 0.1) is 0 Å². The molecule has 0 spiro atoms. The largest absolute Gasteiger partial charge is 0.320 e. The molecule has 0 aromatic rings. The van der Waals surface area contributed by atoms with E-state index in [1.54, 1.807) is 0 Å². The fourth-order valence-corrected chi connectivity index (χ4v) is 0.571. The molecular weight excluding hydrogens is 124 g/mol. The summed E-state index contributed by atoms with van der Waals surface area (Å²) in [6, 6.07) is 0. The molecular formula is C5H8O4. The summed E-state index contributed by atoms with van der Waals surface area (Å²) in [5.74, 6) is 0. The van der Waals surface area contributed by atoms with E-state index >= 15 is 0 Å². The van der Waals surface area contributed by atoms with E-state index in [4.69, 9.17) is 4.74 Å². The molecule has 4 heteroatoms. The van der Waals surface area contributed by atoms with E-state index in [1.807, 2.05) is 0 Å². The highest BCUT2D eigenvalue weighted by Gasteiger charge is 2.15. The predicted molar refractivity (Wildman–Crippen MR) is 27.2 cm³/mol. The Kier molecular flexibility index (Phi) is 2.63. The summed E-state index contributed by atoms with van der Waals surface area (Å²) in [4.78, 5) is 18.8. The Hall–Kier alpha value is -0.450. The van der Waals surface area contributed by atoms with Crippen molar-refractivity contribution in [2.75, 3.05) is 6.79 Å². The highest BCUT2D eigenvalue weighted by molar-refractivity contribution is 5.49. The Labute approximate surface area is 52.6 Å². The first-order chi connectivity index (χ1) is 4.43. The maximum atomic E-state index is 9.81. The first-order valence-corrected chi connectivity index (χ1v) is 2.77. The molecule has 1 fully saturated rings. The third kappa shape index (κ3) is 2.09. The van der Waals surface area contributed by atoms with Crippen LogP contribution in [0, 0.1) is 0 Å². The molecule has 1 aliphatic rings. The first kappa shape index (κ1) is 6.67. The van der Waals surface area contributed by atoms with E-state index in [9.17, 15) is 4.79 Å². The maximum absolute atomic E-state index is 9.81. The van der Waals surface area contributed by atoms with Crippen LogP contribution in [-0.2, 0) is 19.3 Å². The quantitative estimate of drug-likeness (QED) is 0.407. The normalized spacial score (nSPS) is 26.4. The van der Waals surface area contributed by atoms with Crippen molar-refractivity contribution in [1.29, 1.82) is 0 Å². The summed E-state index contributed by atoms with van der Waals surface area (Å²) < 4.78 is 4.85. The van der Waals surface area contributed by atoms with Crippen molar-refractivity contribution in [3.05, 3.63) is 0 Å². The molecule has 0 aliphatic carbocycles. The summed E-state index contributed by atoms with van der Waals surface area (Å²) in [6.07, 6.45) is 1.51. The standard InChI is InChI=1S/C5H8O4/c6-3-1-2-5-7-4-8-9-5/h3,5H,1-2,4H2. The van der Waals surface area contributed by atoms with E-state index in [0.717, 1.165) is 6.29 Å². The predicted octanol–water partition coefficient (Wildman–Crippen LogP) is 0.227. The second-order valence-corrected chi connectivity index (χ2v) is 1.67. The lowest BCUT2D eigenvalue weighted by Gasteiger charge is -2.00. The van der Waals surface area contributed by atoms with Crippen LogP contribution in [-0.4, -0.2) is 19.4 Å². The number of hydrogen-bond donors (Lipinski definition) is 0. The molecule has 1 rings (SSSR count). The number of aldehydes is 1. The molecule has 52 valence electrons. The molecule has 0 aromatic carbocycles. The van der Waals surface area contributed by atoms with E-state index in [2.05, 4.69) is 9.78 Å². The highest BCUT2D eigenvalue weighted by atomic mass is 17.3. The van der Waals surface area contributed by atoms with Gasteiger partial charge >= 0.3 is 0 Å². The topological polar surface area (TPSA) is 44.8 Å². The van der Waals surface area contributed by atoms with Gasteiger partial charge in [0, 0.05) is 12.8 Å². The number of carbonyl (C=O) groups excluding carboxylic acids is 1. The van der Waals surface area contributed by atoms with Crippen LogP contribution >= 0.6 is 0 Å². The van der Waals surface area contributed by atoms with Gasteiger partial charge < -0.3 is 9.53 Å². The number of hydrogen-bond acceptors (Lipinski definition) is 4. The van der Waals surface area contributed by atoms with E-state index < -0.39 is 0 Å². The molecule has 1 saturated heterocycles. The van der Waals surface area contributed by atoms with Gasteiger partial charge in [-0.25, -0.2) is 9.78 Å². The van der Waals surface area contributed by atoms with Gasteiger partial charge in [0.1, 0.15) is 6.29 Å². The van der Waals surface area contributed by atoms with Crippen molar-refractivity contribution < 1.29 is 19.3 Å². The zero-order chi connectivity index (χ0) is 6.53. The van der Waals surface area contributed by atoms with Crippen molar-refractivity contribution >= 4 is 6.29 Å². The lowest BCUT2D eigenvalue weighted by Crippen LogP contribution is -2.06. The third-order valence-corrected chi connectivity index (χ3v) is 0.998. The molecule has 1 aliphatic heterocycles. The van der Waals surface area contributed by atoms with Crippen LogP contribution in [0.3, 0.4) is 0 Å². The number of rotatable bonds is 3. The van der Waals surface area contributed by atoms with Gasteiger partial charge in [0.2, 0.25) is 0 Å². The average molecular weight is 132 g/mol. The highest BCUT2D eigenvalue weighted by Crippen LogP contribution is 2.09. The van der Waals surface area contributed by atoms with Crippen LogP contribution in [0.15, 0.2) is 0 Å². The van der Waals surface area contributed by atoms with Crippen molar-refractivity contribution in [1.82, 2.24) is 0 Å². The van der Waals surface area contributed by atoms with E-state index in [1.165, 1.54) is 0 Å². The minimum Gasteiger partial charge on any atom is -0.320 e. The molecule has 1 heterocycles. The Morgan fingerprint density at radius 2 is 2.56 bits per heavy atom. The molecule has 0 amide bonds. The SMILES string of the molecule is O=CCCC1OCOO1. The Morgan fingerprint density at radius 3 is 3.11 bits per heavy atom. The van der Waals surface area contributed by atoms with Gasteiger partial charge in [-0.15, -0.1) is 0 Å². The lowest BCUT2D eigenvalue weighted by atomic mass is 10.3. The molecule has 0 aromatic heterocycles. The van der Waals surface area contributed by atoms with Gasteiger partial charge in [0.25, 0.3) is 0 Å². The zero-order valence-corrected chi connectivity index (χ0v) is 4.91. The lowest BCUT2D eigenvalue weighted by molar-refractivity contribution is -0.277. The molecule has 0 radical (unpaired) electrons. The summed E-state index contributed by atoms with van der Waals surface area (Å²) in [7, 11) is 0.